The van der Waals surface area contributed by atoms with E-state index in [9.17, 15) is 18.0 Å². The zero-order valence-electron chi connectivity index (χ0n) is 14.8. The number of hydrogen-bond acceptors (Lipinski definition) is 3. The van der Waals surface area contributed by atoms with E-state index in [0.29, 0.717) is 0 Å². The van der Waals surface area contributed by atoms with Crippen LogP contribution in [-0.2, 0) is 10.3 Å². The quantitative estimate of drug-likeness (QED) is 0.807. The van der Waals surface area contributed by atoms with Crippen molar-refractivity contribution in [2.45, 2.75) is 38.0 Å². The lowest BCUT2D eigenvalue weighted by atomic mass is 9.80. The van der Waals surface area contributed by atoms with E-state index in [0.717, 1.165) is 23.8 Å². The maximum Gasteiger partial charge on any atom is 0.240 e. The highest BCUT2D eigenvalue weighted by Crippen LogP contribution is 2.43. The minimum absolute atomic E-state index is 0.00684. The van der Waals surface area contributed by atoms with E-state index in [1.54, 1.807) is 24.3 Å². The van der Waals surface area contributed by atoms with E-state index in [1.807, 2.05) is 6.07 Å². The number of nitrogens with zero attached hydrogens (tertiary/aromatic N) is 2. The van der Waals surface area contributed by atoms with Crippen LogP contribution in [0.3, 0.4) is 0 Å². The van der Waals surface area contributed by atoms with E-state index in [2.05, 4.69) is 5.10 Å². The van der Waals surface area contributed by atoms with Crippen LogP contribution in [0.1, 0.15) is 37.3 Å². The molecule has 1 aliphatic rings. The first-order chi connectivity index (χ1) is 12.8. The highest BCUT2D eigenvalue weighted by atomic mass is 19.1. The van der Waals surface area contributed by atoms with Gasteiger partial charge in [0.1, 0.15) is 17.9 Å². The summed E-state index contributed by atoms with van der Waals surface area (Å²) in [6.45, 7) is 1.33. The van der Waals surface area contributed by atoms with Crippen molar-refractivity contribution >= 4 is 11.6 Å². The summed E-state index contributed by atoms with van der Waals surface area (Å²) in [5, 5.41) is 5.54. The van der Waals surface area contributed by atoms with Crippen LogP contribution in [0.4, 0.5) is 13.2 Å². The number of nitrogens with two attached hydrogens (primary N) is 1. The standard InChI is InChI=1S/C20H20F3N3O/c1-13(27)26-20(10-9-19(23)24,14-5-3-2-4-6-14)12-18(25-26)16-11-15(21)7-8-17(16)22/h2-8,11,19H,9-10,12,24H2,1H3. The third-order valence-corrected chi connectivity index (χ3v) is 4.77. The summed E-state index contributed by atoms with van der Waals surface area (Å²) in [5.41, 5.74) is 5.25. The van der Waals surface area contributed by atoms with E-state index < -0.39 is 23.5 Å². The van der Waals surface area contributed by atoms with Crippen LogP contribution in [0.2, 0.25) is 0 Å². The Bertz CT molecular complexity index is 870. The van der Waals surface area contributed by atoms with Gasteiger partial charge in [0.05, 0.1) is 11.3 Å². The van der Waals surface area contributed by atoms with Crippen molar-refractivity contribution in [3.05, 3.63) is 71.3 Å². The van der Waals surface area contributed by atoms with E-state index >= 15 is 0 Å². The molecule has 27 heavy (non-hydrogen) atoms. The number of hydrazone groups is 1. The average Bonchev–Trinajstić information content (AvgIpc) is 3.04. The summed E-state index contributed by atoms with van der Waals surface area (Å²) in [5.74, 6) is -1.62. The summed E-state index contributed by atoms with van der Waals surface area (Å²) in [7, 11) is 0. The Kier molecular flexibility index (Phi) is 5.32. The third kappa shape index (κ3) is 3.73. The van der Waals surface area contributed by atoms with Crippen LogP contribution in [0, 0.1) is 11.6 Å². The minimum atomic E-state index is -1.56. The zero-order valence-corrected chi connectivity index (χ0v) is 14.8. The molecule has 142 valence electrons. The Morgan fingerprint density at radius 1 is 1.26 bits per heavy atom. The summed E-state index contributed by atoms with van der Waals surface area (Å²) < 4.78 is 41.4. The second-order valence-corrected chi connectivity index (χ2v) is 6.63. The summed E-state index contributed by atoms with van der Waals surface area (Å²) in [6.07, 6.45) is -1.25. The number of alkyl halides is 1. The minimum Gasteiger partial charge on any atom is -0.302 e. The lowest BCUT2D eigenvalue weighted by Gasteiger charge is -2.36. The molecule has 1 amide bonds. The molecule has 0 radical (unpaired) electrons. The molecule has 0 spiro atoms. The Balaban J connectivity index is 2.10. The Morgan fingerprint density at radius 2 is 1.96 bits per heavy atom. The molecule has 2 atom stereocenters. The summed E-state index contributed by atoms with van der Waals surface area (Å²) in [4.78, 5) is 12.3. The van der Waals surface area contributed by atoms with Gasteiger partial charge in [-0.3, -0.25) is 4.79 Å². The molecule has 0 bridgehead atoms. The predicted octanol–water partition coefficient (Wildman–Crippen LogP) is 3.85. The highest BCUT2D eigenvalue weighted by Gasteiger charge is 2.46. The predicted molar refractivity (Wildman–Crippen MR) is 96.5 cm³/mol. The van der Waals surface area contributed by atoms with E-state index in [4.69, 9.17) is 5.73 Å². The van der Waals surface area contributed by atoms with Crippen LogP contribution >= 0.6 is 0 Å². The summed E-state index contributed by atoms with van der Waals surface area (Å²) >= 11 is 0. The first kappa shape index (κ1) is 19.1. The SMILES string of the molecule is CC(=O)N1N=C(c2cc(F)ccc2F)CC1(CCC(N)F)c1ccccc1. The maximum absolute atomic E-state index is 14.3. The molecule has 2 aromatic carbocycles. The van der Waals surface area contributed by atoms with Crippen LogP contribution in [0.15, 0.2) is 53.6 Å². The van der Waals surface area contributed by atoms with Crippen molar-refractivity contribution in [2.24, 2.45) is 10.8 Å². The first-order valence-corrected chi connectivity index (χ1v) is 8.62. The molecule has 1 aliphatic heterocycles. The molecule has 2 aromatic rings. The van der Waals surface area contributed by atoms with Crippen molar-refractivity contribution < 1.29 is 18.0 Å². The van der Waals surface area contributed by atoms with Gasteiger partial charge in [-0.05, 0) is 36.6 Å². The molecule has 4 nitrogen and oxygen atoms in total. The molecule has 0 fully saturated rings. The Labute approximate surface area is 155 Å². The zero-order chi connectivity index (χ0) is 19.6. The van der Waals surface area contributed by atoms with Crippen molar-refractivity contribution in [1.29, 1.82) is 0 Å². The molecule has 0 aromatic heterocycles. The number of carbonyl (C=O) groups is 1. The van der Waals surface area contributed by atoms with Gasteiger partial charge in [0, 0.05) is 18.9 Å². The van der Waals surface area contributed by atoms with Crippen LogP contribution < -0.4 is 5.73 Å². The van der Waals surface area contributed by atoms with Gasteiger partial charge in [-0.2, -0.15) is 5.10 Å². The molecule has 0 saturated carbocycles. The normalized spacial score (nSPS) is 20.5. The molecule has 2 N–H and O–H groups in total. The van der Waals surface area contributed by atoms with Gasteiger partial charge in [0.2, 0.25) is 5.91 Å². The highest BCUT2D eigenvalue weighted by molar-refractivity contribution is 6.03. The fourth-order valence-electron chi connectivity index (χ4n) is 3.53. The average molecular weight is 375 g/mol. The van der Waals surface area contributed by atoms with Crippen molar-refractivity contribution in [2.75, 3.05) is 0 Å². The molecule has 0 aliphatic carbocycles. The van der Waals surface area contributed by atoms with Crippen molar-refractivity contribution in [3.63, 3.8) is 0 Å². The Morgan fingerprint density at radius 3 is 2.59 bits per heavy atom. The van der Waals surface area contributed by atoms with Crippen LogP contribution in [-0.4, -0.2) is 22.9 Å². The third-order valence-electron chi connectivity index (χ3n) is 4.77. The van der Waals surface area contributed by atoms with Gasteiger partial charge in [-0.1, -0.05) is 30.3 Å². The molecule has 0 saturated heterocycles. The number of carbonyl (C=O) groups excluding carboxylic acids is 1. The van der Waals surface area contributed by atoms with Crippen molar-refractivity contribution in [3.8, 4) is 0 Å². The number of halogens is 3. The Hall–Kier alpha value is -2.67. The number of benzene rings is 2. The molecule has 1 heterocycles. The lowest BCUT2D eigenvalue weighted by molar-refractivity contribution is -0.135. The summed E-state index contributed by atoms with van der Waals surface area (Å²) in [6, 6.07) is 12.1. The molecule has 2 unspecified atom stereocenters. The smallest absolute Gasteiger partial charge is 0.240 e. The monoisotopic (exact) mass is 375 g/mol. The van der Waals surface area contributed by atoms with Crippen molar-refractivity contribution in [1.82, 2.24) is 5.01 Å². The van der Waals surface area contributed by atoms with Gasteiger partial charge >= 0.3 is 0 Å². The molecular weight excluding hydrogens is 355 g/mol. The largest absolute Gasteiger partial charge is 0.302 e. The first-order valence-electron chi connectivity index (χ1n) is 8.62. The topological polar surface area (TPSA) is 58.7 Å². The van der Waals surface area contributed by atoms with Crippen LogP contribution in [0.25, 0.3) is 0 Å². The maximum atomic E-state index is 14.3. The van der Waals surface area contributed by atoms with E-state index in [-0.39, 0.29) is 36.4 Å². The fourth-order valence-corrected chi connectivity index (χ4v) is 3.53. The number of amides is 1. The van der Waals surface area contributed by atoms with E-state index in [1.165, 1.54) is 11.9 Å². The second-order valence-electron chi connectivity index (χ2n) is 6.63. The van der Waals surface area contributed by atoms with Crippen LogP contribution in [0.5, 0.6) is 0 Å². The number of hydrogen-bond donors (Lipinski definition) is 1. The number of rotatable bonds is 5. The van der Waals surface area contributed by atoms with Gasteiger partial charge < -0.3 is 5.73 Å². The molecule has 3 rings (SSSR count). The van der Waals surface area contributed by atoms with Gasteiger partial charge in [0.15, 0.2) is 0 Å². The molecular formula is C20H20F3N3O. The molecule has 7 heteroatoms. The van der Waals surface area contributed by atoms with Gasteiger partial charge in [-0.15, -0.1) is 0 Å². The fraction of sp³-hybridized carbons (Fsp3) is 0.300. The van der Waals surface area contributed by atoms with Gasteiger partial charge in [-0.25, -0.2) is 18.2 Å². The van der Waals surface area contributed by atoms with Gasteiger partial charge in [0.25, 0.3) is 0 Å². The second kappa shape index (κ2) is 7.52. The lowest BCUT2D eigenvalue weighted by Crippen LogP contribution is -2.43.